The van der Waals surface area contributed by atoms with Gasteiger partial charge in [0.25, 0.3) is 0 Å². The highest BCUT2D eigenvalue weighted by atomic mass is 14.6. The van der Waals surface area contributed by atoms with E-state index >= 15 is 0 Å². The average Bonchev–Trinajstić information content (AvgIpc) is 2.38. The molecule has 1 fully saturated rings. The van der Waals surface area contributed by atoms with E-state index in [1.165, 1.54) is 30.4 Å². The smallest absolute Gasteiger partial charge is 0.00430 e. The third-order valence-electron chi connectivity index (χ3n) is 5.10. The number of aryl methyl sites for hydroxylation is 2. The number of rotatable bonds is 3. The highest BCUT2D eigenvalue weighted by molar-refractivity contribution is 5.34. The van der Waals surface area contributed by atoms with Gasteiger partial charge in [-0.05, 0) is 74.5 Å². The lowest BCUT2D eigenvalue weighted by Gasteiger charge is -2.38. The Hall–Kier alpha value is -0.820. The molecule has 0 spiro atoms. The van der Waals surface area contributed by atoms with Crippen LogP contribution in [0.3, 0.4) is 0 Å². The predicted molar refractivity (Wildman–Crippen MR) is 83.4 cm³/mol. The molecular weight excluding hydrogens is 230 g/mol. The maximum absolute atomic E-state index is 6.03. The van der Waals surface area contributed by atoms with Crippen molar-refractivity contribution in [3.05, 3.63) is 34.9 Å². The summed E-state index contributed by atoms with van der Waals surface area (Å²) in [5.74, 6) is 3.02. The van der Waals surface area contributed by atoms with E-state index in [1.807, 2.05) is 0 Å². The molecule has 1 aliphatic carbocycles. The molecule has 106 valence electrons. The Bertz CT molecular complexity index is 422. The lowest BCUT2D eigenvalue weighted by atomic mass is 9.67. The van der Waals surface area contributed by atoms with Crippen molar-refractivity contribution in [1.82, 2.24) is 0 Å². The molecule has 1 heteroatoms. The third-order valence-corrected chi connectivity index (χ3v) is 5.10. The Balaban J connectivity index is 2.27. The average molecular weight is 259 g/mol. The van der Waals surface area contributed by atoms with Crippen LogP contribution in [0, 0.1) is 31.6 Å². The van der Waals surface area contributed by atoms with E-state index in [4.69, 9.17) is 5.73 Å². The molecule has 3 atom stereocenters. The van der Waals surface area contributed by atoms with E-state index in [1.54, 1.807) is 5.56 Å². The first-order valence-electron chi connectivity index (χ1n) is 7.80. The van der Waals surface area contributed by atoms with E-state index in [-0.39, 0.29) is 0 Å². The molecule has 1 nitrogen and oxygen atoms in total. The zero-order valence-electron chi connectivity index (χ0n) is 12.9. The predicted octanol–water partition coefficient (Wildman–Crippen LogP) is 4.42. The molecule has 2 rings (SSSR count). The Morgan fingerprint density at radius 2 is 1.95 bits per heavy atom. The van der Waals surface area contributed by atoms with Crippen LogP contribution in [0.1, 0.15) is 55.7 Å². The van der Waals surface area contributed by atoms with Gasteiger partial charge in [0.15, 0.2) is 0 Å². The van der Waals surface area contributed by atoms with Gasteiger partial charge < -0.3 is 5.73 Å². The first kappa shape index (κ1) is 14.6. The summed E-state index contributed by atoms with van der Waals surface area (Å²) in [6, 6.07) is 6.93. The topological polar surface area (TPSA) is 26.0 Å². The molecule has 1 saturated carbocycles. The zero-order chi connectivity index (χ0) is 14.0. The van der Waals surface area contributed by atoms with Gasteiger partial charge in [0.2, 0.25) is 0 Å². The van der Waals surface area contributed by atoms with Crippen molar-refractivity contribution in [2.24, 2.45) is 23.5 Å². The summed E-state index contributed by atoms with van der Waals surface area (Å²) >= 11 is 0. The van der Waals surface area contributed by atoms with Crippen molar-refractivity contribution in [3.63, 3.8) is 0 Å². The largest absolute Gasteiger partial charge is 0.330 e. The normalized spacial score (nSPS) is 27.8. The number of hydrogen-bond donors (Lipinski definition) is 1. The van der Waals surface area contributed by atoms with Crippen LogP contribution in [-0.2, 0) is 0 Å². The fraction of sp³-hybridized carbons (Fsp3) is 0.667. The Morgan fingerprint density at radius 1 is 1.21 bits per heavy atom. The molecular formula is C18H29N. The minimum absolute atomic E-state index is 0.673. The number of benzene rings is 1. The molecule has 1 aromatic carbocycles. The van der Waals surface area contributed by atoms with Crippen LogP contribution in [0.5, 0.6) is 0 Å². The maximum Gasteiger partial charge on any atom is -0.00430 e. The third kappa shape index (κ3) is 3.20. The van der Waals surface area contributed by atoms with Gasteiger partial charge in [-0.2, -0.15) is 0 Å². The van der Waals surface area contributed by atoms with Crippen LogP contribution in [0.2, 0.25) is 0 Å². The first-order valence-corrected chi connectivity index (χ1v) is 7.80. The van der Waals surface area contributed by atoms with Gasteiger partial charge in [0.1, 0.15) is 0 Å². The second kappa shape index (κ2) is 6.09. The lowest BCUT2D eigenvalue weighted by Crippen LogP contribution is -2.31. The Kier molecular flexibility index (Phi) is 4.67. The summed E-state index contributed by atoms with van der Waals surface area (Å²) in [5.41, 5.74) is 10.4. The summed E-state index contributed by atoms with van der Waals surface area (Å²) < 4.78 is 0. The van der Waals surface area contributed by atoms with Gasteiger partial charge in [-0.15, -0.1) is 0 Å². The van der Waals surface area contributed by atoms with E-state index in [0.717, 1.165) is 18.4 Å². The van der Waals surface area contributed by atoms with E-state index in [0.29, 0.717) is 11.8 Å². The molecule has 19 heavy (non-hydrogen) atoms. The fourth-order valence-corrected chi connectivity index (χ4v) is 3.78. The van der Waals surface area contributed by atoms with Gasteiger partial charge in [0.05, 0.1) is 0 Å². The number of hydrogen-bond acceptors (Lipinski definition) is 1. The molecule has 0 radical (unpaired) electrons. The highest BCUT2D eigenvalue weighted by Crippen LogP contribution is 2.43. The quantitative estimate of drug-likeness (QED) is 0.854. The van der Waals surface area contributed by atoms with Crippen LogP contribution in [-0.4, -0.2) is 6.54 Å². The van der Waals surface area contributed by atoms with E-state index < -0.39 is 0 Å². The minimum Gasteiger partial charge on any atom is -0.330 e. The standard InChI is InChI=1S/C18H29N/c1-12(2)15-6-7-16(11-19)18(10-15)17-8-5-13(3)9-14(17)4/h5,8-9,12,15-16,18H,6-7,10-11,19H2,1-4H3. The Labute approximate surface area is 118 Å². The summed E-state index contributed by atoms with van der Waals surface area (Å²) in [5, 5.41) is 0. The molecule has 0 bridgehead atoms. The molecule has 2 N–H and O–H groups in total. The van der Waals surface area contributed by atoms with Crippen molar-refractivity contribution >= 4 is 0 Å². The van der Waals surface area contributed by atoms with Gasteiger partial charge in [-0.3, -0.25) is 0 Å². The summed E-state index contributed by atoms with van der Waals surface area (Å²) in [6.45, 7) is 10.0. The van der Waals surface area contributed by atoms with E-state index in [2.05, 4.69) is 45.9 Å². The van der Waals surface area contributed by atoms with Gasteiger partial charge in [-0.25, -0.2) is 0 Å². The van der Waals surface area contributed by atoms with Crippen molar-refractivity contribution < 1.29 is 0 Å². The maximum atomic E-state index is 6.03. The second-order valence-electron chi connectivity index (χ2n) is 6.78. The van der Waals surface area contributed by atoms with Crippen LogP contribution in [0.25, 0.3) is 0 Å². The van der Waals surface area contributed by atoms with Crippen LogP contribution >= 0.6 is 0 Å². The molecule has 1 aliphatic rings. The van der Waals surface area contributed by atoms with Crippen LogP contribution in [0.15, 0.2) is 18.2 Å². The van der Waals surface area contributed by atoms with Crippen molar-refractivity contribution in [3.8, 4) is 0 Å². The molecule has 3 unspecified atom stereocenters. The van der Waals surface area contributed by atoms with Gasteiger partial charge in [0, 0.05) is 0 Å². The first-order chi connectivity index (χ1) is 9.02. The van der Waals surface area contributed by atoms with Crippen LogP contribution in [0.4, 0.5) is 0 Å². The monoisotopic (exact) mass is 259 g/mol. The molecule has 1 aromatic rings. The molecule has 0 aromatic heterocycles. The summed E-state index contributed by atoms with van der Waals surface area (Å²) in [7, 11) is 0. The minimum atomic E-state index is 0.673. The highest BCUT2D eigenvalue weighted by Gasteiger charge is 2.32. The molecule has 0 amide bonds. The number of nitrogens with two attached hydrogens (primary N) is 1. The molecule has 0 saturated heterocycles. The second-order valence-corrected chi connectivity index (χ2v) is 6.78. The van der Waals surface area contributed by atoms with Crippen LogP contribution < -0.4 is 5.73 Å². The zero-order valence-corrected chi connectivity index (χ0v) is 12.9. The van der Waals surface area contributed by atoms with Crippen molar-refractivity contribution in [2.45, 2.75) is 52.9 Å². The van der Waals surface area contributed by atoms with Crippen molar-refractivity contribution in [1.29, 1.82) is 0 Å². The van der Waals surface area contributed by atoms with Gasteiger partial charge in [-0.1, -0.05) is 37.6 Å². The molecule has 0 heterocycles. The Morgan fingerprint density at radius 3 is 2.53 bits per heavy atom. The van der Waals surface area contributed by atoms with E-state index in [9.17, 15) is 0 Å². The SMILES string of the molecule is Cc1ccc(C2CC(C(C)C)CCC2CN)c(C)c1. The van der Waals surface area contributed by atoms with Gasteiger partial charge >= 0.3 is 0 Å². The molecule has 0 aliphatic heterocycles. The fourth-order valence-electron chi connectivity index (χ4n) is 3.78. The lowest BCUT2D eigenvalue weighted by molar-refractivity contribution is 0.197. The summed E-state index contributed by atoms with van der Waals surface area (Å²) in [6.07, 6.45) is 3.99. The van der Waals surface area contributed by atoms with Crippen molar-refractivity contribution in [2.75, 3.05) is 6.54 Å². The summed E-state index contributed by atoms with van der Waals surface area (Å²) in [4.78, 5) is 0.